The Labute approximate surface area is 81.5 Å². The van der Waals surface area contributed by atoms with Crippen LogP contribution in [0, 0.1) is 0 Å². The van der Waals surface area contributed by atoms with E-state index in [1.165, 1.54) is 0 Å². The highest BCUT2D eigenvalue weighted by Crippen LogP contribution is 2.34. The van der Waals surface area contributed by atoms with Crippen molar-refractivity contribution in [1.82, 2.24) is 9.97 Å². The standard InChI is InChI=1S/C7H5F3N2O3/c1-15-5-3(7(8,9)10)2-11-4(12-5)6(13)14/h2H,1H3,(H,13,14). The van der Waals surface area contributed by atoms with Gasteiger partial charge in [-0.3, -0.25) is 0 Å². The van der Waals surface area contributed by atoms with Crippen LogP contribution >= 0.6 is 0 Å². The molecule has 0 fully saturated rings. The van der Waals surface area contributed by atoms with Crippen LogP contribution in [-0.4, -0.2) is 28.2 Å². The van der Waals surface area contributed by atoms with Gasteiger partial charge in [0.1, 0.15) is 5.56 Å². The summed E-state index contributed by atoms with van der Waals surface area (Å²) in [6, 6.07) is 0. The topological polar surface area (TPSA) is 72.3 Å². The minimum atomic E-state index is -4.68. The van der Waals surface area contributed by atoms with Gasteiger partial charge in [0.25, 0.3) is 0 Å². The number of nitrogens with zero attached hydrogens (tertiary/aromatic N) is 2. The molecule has 1 heterocycles. The van der Waals surface area contributed by atoms with E-state index in [4.69, 9.17) is 5.11 Å². The first kappa shape index (κ1) is 11.2. The Bertz CT molecular complexity index is 392. The molecule has 82 valence electrons. The summed E-state index contributed by atoms with van der Waals surface area (Å²) in [5, 5.41) is 8.44. The predicted octanol–water partition coefficient (Wildman–Crippen LogP) is 1.20. The van der Waals surface area contributed by atoms with Crippen LogP contribution in [0.2, 0.25) is 0 Å². The quantitative estimate of drug-likeness (QED) is 0.813. The van der Waals surface area contributed by atoms with Gasteiger partial charge in [-0.15, -0.1) is 0 Å². The van der Waals surface area contributed by atoms with E-state index in [0.29, 0.717) is 6.20 Å². The lowest BCUT2D eigenvalue weighted by atomic mass is 10.3. The van der Waals surface area contributed by atoms with Gasteiger partial charge in [0.15, 0.2) is 0 Å². The summed E-state index contributed by atoms with van der Waals surface area (Å²) in [6.07, 6.45) is -4.31. The van der Waals surface area contributed by atoms with Crippen LogP contribution in [0.4, 0.5) is 13.2 Å². The average molecular weight is 222 g/mol. The van der Waals surface area contributed by atoms with Gasteiger partial charge in [-0.05, 0) is 0 Å². The summed E-state index contributed by atoms with van der Waals surface area (Å²) >= 11 is 0. The number of carboxylic acids is 1. The van der Waals surface area contributed by atoms with Crippen LogP contribution in [0.3, 0.4) is 0 Å². The number of halogens is 3. The molecule has 0 aromatic carbocycles. The molecular formula is C7H5F3N2O3. The van der Waals surface area contributed by atoms with Crippen molar-refractivity contribution in [3.63, 3.8) is 0 Å². The Morgan fingerprint density at radius 1 is 1.53 bits per heavy atom. The van der Waals surface area contributed by atoms with Crippen molar-refractivity contribution in [3.8, 4) is 5.88 Å². The van der Waals surface area contributed by atoms with E-state index in [9.17, 15) is 18.0 Å². The molecule has 0 aliphatic heterocycles. The van der Waals surface area contributed by atoms with Gasteiger partial charge in [0, 0.05) is 6.20 Å². The first-order valence-electron chi connectivity index (χ1n) is 3.57. The lowest BCUT2D eigenvalue weighted by Gasteiger charge is -2.09. The lowest BCUT2D eigenvalue weighted by Crippen LogP contribution is -2.13. The Hall–Kier alpha value is -1.86. The number of hydrogen-bond acceptors (Lipinski definition) is 4. The number of aromatic nitrogens is 2. The molecule has 0 unspecified atom stereocenters. The molecule has 5 nitrogen and oxygen atoms in total. The second-order valence-corrected chi connectivity index (χ2v) is 2.42. The van der Waals surface area contributed by atoms with E-state index in [-0.39, 0.29) is 0 Å². The summed E-state index contributed by atoms with van der Waals surface area (Å²) in [7, 11) is 0.962. The number of ether oxygens (including phenoxy) is 1. The van der Waals surface area contributed by atoms with Crippen LogP contribution in [0.25, 0.3) is 0 Å². The monoisotopic (exact) mass is 222 g/mol. The third-order valence-corrected chi connectivity index (χ3v) is 1.44. The minimum Gasteiger partial charge on any atom is -0.480 e. The van der Waals surface area contributed by atoms with Crippen LogP contribution in [0.15, 0.2) is 6.20 Å². The Morgan fingerprint density at radius 3 is 2.53 bits per heavy atom. The Kier molecular flexibility index (Phi) is 2.78. The van der Waals surface area contributed by atoms with E-state index >= 15 is 0 Å². The molecule has 0 atom stereocenters. The summed E-state index contributed by atoms with van der Waals surface area (Å²) in [5.41, 5.74) is -1.21. The summed E-state index contributed by atoms with van der Waals surface area (Å²) < 4.78 is 41.1. The number of hydrogen-bond donors (Lipinski definition) is 1. The largest absolute Gasteiger partial charge is 0.480 e. The molecule has 1 aromatic heterocycles. The van der Waals surface area contributed by atoms with E-state index < -0.39 is 29.4 Å². The molecule has 0 bridgehead atoms. The van der Waals surface area contributed by atoms with Crippen molar-refractivity contribution in [2.45, 2.75) is 6.18 Å². The van der Waals surface area contributed by atoms with Gasteiger partial charge >= 0.3 is 12.1 Å². The van der Waals surface area contributed by atoms with Gasteiger partial charge in [-0.25, -0.2) is 9.78 Å². The fourth-order valence-corrected chi connectivity index (χ4v) is 0.819. The molecule has 1 N–H and O–H groups in total. The first-order chi connectivity index (χ1) is 6.86. The number of carbonyl (C=O) groups is 1. The van der Waals surface area contributed by atoms with E-state index in [1.807, 2.05) is 0 Å². The molecular weight excluding hydrogens is 217 g/mol. The molecule has 0 aliphatic carbocycles. The fourth-order valence-electron chi connectivity index (χ4n) is 0.819. The second kappa shape index (κ2) is 3.71. The average Bonchev–Trinajstić information content (AvgIpc) is 2.15. The third kappa shape index (κ3) is 2.33. The number of aromatic carboxylic acids is 1. The summed E-state index contributed by atoms with van der Waals surface area (Å²) in [6.45, 7) is 0. The smallest absolute Gasteiger partial charge is 0.423 e. The van der Waals surface area contributed by atoms with Crippen LogP contribution in [0.5, 0.6) is 5.88 Å². The summed E-state index contributed by atoms with van der Waals surface area (Å²) in [5.74, 6) is -3.09. The maximum atomic E-state index is 12.3. The maximum Gasteiger partial charge on any atom is 0.423 e. The zero-order valence-electron chi connectivity index (χ0n) is 7.37. The lowest BCUT2D eigenvalue weighted by molar-refractivity contribution is -0.139. The maximum absolute atomic E-state index is 12.3. The van der Waals surface area contributed by atoms with Gasteiger partial charge in [0.2, 0.25) is 11.7 Å². The van der Waals surface area contributed by atoms with Crippen molar-refractivity contribution in [1.29, 1.82) is 0 Å². The predicted molar refractivity (Wildman–Crippen MR) is 40.5 cm³/mol. The fraction of sp³-hybridized carbons (Fsp3) is 0.286. The third-order valence-electron chi connectivity index (χ3n) is 1.44. The van der Waals surface area contributed by atoms with Crippen molar-refractivity contribution in [3.05, 3.63) is 17.6 Å². The van der Waals surface area contributed by atoms with E-state index in [0.717, 1.165) is 7.11 Å². The van der Waals surface area contributed by atoms with Crippen molar-refractivity contribution in [2.75, 3.05) is 7.11 Å². The molecule has 15 heavy (non-hydrogen) atoms. The molecule has 0 aliphatic rings. The number of methoxy groups -OCH3 is 1. The van der Waals surface area contributed by atoms with Gasteiger partial charge in [-0.2, -0.15) is 18.2 Å². The van der Waals surface area contributed by atoms with Crippen molar-refractivity contribution in [2.24, 2.45) is 0 Å². The first-order valence-corrected chi connectivity index (χ1v) is 3.57. The molecule has 0 saturated carbocycles. The van der Waals surface area contributed by atoms with Gasteiger partial charge in [-0.1, -0.05) is 0 Å². The number of carboxylic acid groups (broad SMARTS) is 1. The second-order valence-electron chi connectivity index (χ2n) is 2.42. The minimum absolute atomic E-state index is 0.370. The molecule has 1 rings (SSSR count). The van der Waals surface area contributed by atoms with Gasteiger partial charge < -0.3 is 9.84 Å². The van der Waals surface area contributed by atoms with Crippen LogP contribution in [0.1, 0.15) is 16.2 Å². The SMILES string of the molecule is COc1nc(C(=O)O)ncc1C(F)(F)F. The molecule has 0 amide bonds. The molecule has 0 radical (unpaired) electrons. The van der Waals surface area contributed by atoms with Crippen molar-refractivity contribution >= 4 is 5.97 Å². The van der Waals surface area contributed by atoms with E-state index in [2.05, 4.69) is 14.7 Å². The Balaban J connectivity index is 3.27. The highest BCUT2D eigenvalue weighted by molar-refractivity contribution is 5.83. The molecule has 0 saturated heterocycles. The zero-order chi connectivity index (χ0) is 11.6. The Morgan fingerprint density at radius 2 is 2.13 bits per heavy atom. The van der Waals surface area contributed by atoms with Crippen LogP contribution < -0.4 is 4.74 Å². The molecule has 0 spiro atoms. The van der Waals surface area contributed by atoms with Crippen LogP contribution in [-0.2, 0) is 6.18 Å². The van der Waals surface area contributed by atoms with Crippen molar-refractivity contribution < 1.29 is 27.8 Å². The highest BCUT2D eigenvalue weighted by Gasteiger charge is 2.36. The summed E-state index contributed by atoms with van der Waals surface area (Å²) in [4.78, 5) is 16.5. The number of alkyl halides is 3. The van der Waals surface area contributed by atoms with Gasteiger partial charge in [0.05, 0.1) is 7.11 Å². The zero-order valence-corrected chi connectivity index (χ0v) is 7.37. The van der Waals surface area contributed by atoms with E-state index in [1.54, 1.807) is 0 Å². The normalized spacial score (nSPS) is 11.2. The highest BCUT2D eigenvalue weighted by atomic mass is 19.4. The number of rotatable bonds is 2. The molecule has 8 heteroatoms. The molecule has 1 aromatic rings.